The molecule has 1 aliphatic rings. The maximum Gasteiger partial charge on any atom is 0.282 e. The first-order valence-corrected chi connectivity index (χ1v) is 10.1. The van der Waals surface area contributed by atoms with Gasteiger partial charge in [-0.3, -0.25) is 9.69 Å². The number of carbonyl (C=O) groups excluding carboxylic acids is 1. The van der Waals surface area contributed by atoms with E-state index in [9.17, 15) is 4.79 Å². The fourth-order valence-electron chi connectivity index (χ4n) is 3.20. The summed E-state index contributed by atoms with van der Waals surface area (Å²) in [5, 5.41) is 0. The number of para-hydroxylation sites is 1. The van der Waals surface area contributed by atoms with Crippen LogP contribution in [0.1, 0.15) is 25.0 Å². The molecule has 150 valence electrons. The molecule has 0 atom stereocenters. The Balaban J connectivity index is 1.71. The van der Waals surface area contributed by atoms with Crippen molar-refractivity contribution in [2.45, 2.75) is 13.8 Å². The van der Waals surface area contributed by atoms with Gasteiger partial charge >= 0.3 is 0 Å². The lowest BCUT2D eigenvalue weighted by molar-refractivity contribution is -0.113. The predicted octanol–water partition coefficient (Wildman–Crippen LogP) is 5.56. The van der Waals surface area contributed by atoms with Crippen molar-refractivity contribution in [1.29, 1.82) is 0 Å². The van der Waals surface area contributed by atoms with Crippen LogP contribution in [0.15, 0.2) is 95.6 Å². The van der Waals surface area contributed by atoms with Gasteiger partial charge in [-0.2, -0.15) is 0 Å². The van der Waals surface area contributed by atoms with Crippen molar-refractivity contribution in [1.82, 2.24) is 0 Å². The molecule has 4 nitrogen and oxygen atoms in total. The van der Waals surface area contributed by atoms with Gasteiger partial charge in [0, 0.05) is 5.56 Å². The maximum absolute atomic E-state index is 13.3. The number of amides is 1. The van der Waals surface area contributed by atoms with Gasteiger partial charge in [0.2, 0.25) is 0 Å². The topological polar surface area (TPSA) is 41.9 Å². The minimum absolute atomic E-state index is 0.139. The second kappa shape index (κ2) is 8.78. The fourth-order valence-corrected chi connectivity index (χ4v) is 3.20. The van der Waals surface area contributed by atoms with E-state index in [2.05, 4.69) is 13.8 Å². The SMILES string of the molecule is CC(C)COc1ccc(C2=N/C(=C\c3ccccc3)C(=O)N2c2ccccc2)cc1. The van der Waals surface area contributed by atoms with E-state index in [0.717, 1.165) is 22.6 Å². The van der Waals surface area contributed by atoms with Crippen LogP contribution < -0.4 is 9.64 Å². The number of nitrogens with zero attached hydrogens (tertiary/aromatic N) is 2. The Labute approximate surface area is 177 Å². The highest BCUT2D eigenvalue weighted by Crippen LogP contribution is 2.28. The molecular weight excluding hydrogens is 372 g/mol. The number of carbonyl (C=O) groups is 1. The molecule has 0 bridgehead atoms. The standard InChI is InChI=1S/C26H24N2O2/c1-19(2)18-30-23-15-13-21(14-16-23)25-27-24(17-20-9-5-3-6-10-20)26(29)28(25)22-11-7-4-8-12-22/h3-17,19H,18H2,1-2H3/b24-17-. The van der Waals surface area contributed by atoms with E-state index in [0.29, 0.717) is 24.1 Å². The smallest absolute Gasteiger partial charge is 0.282 e. The van der Waals surface area contributed by atoms with Crippen LogP contribution in [0, 0.1) is 5.92 Å². The molecule has 30 heavy (non-hydrogen) atoms. The Morgan fingerprint density at radius 3 is 2.17 bits per heavy atom. The lowest BCUT2D eigenvalue weighted by Gasteiger charge is -2.18. The number of ether oxygens (including phenoxy) is 1. The molecule has 0 saturated heterocycles. The summed E-state index contributed by atoms with van der Waals surface area (Å²) >= 11 is 0. The second-order valence-corrected chi connectivity index (χ2v) is 7.58. The van der Waals surface area contributed by atoms with Crippen LogP contribution in [-0.4, -0.2) is 18.3 Å². The maximum atomic E-state index is 13.3. The Kier molecular flexibility index (Phi) is 5.75. The summed E-state index contributed by atoms with van der Waals surface area (Å²) in [6.07, 6.45) is 1.82. The highest BCUT2D eigenvalue weighted by molar-refractivity contribution is 6.33. The summed E-state index contributed by atoms with van der Waals surface area (Å²) in [5.41, 5.74) is 3.01. The summed E-state index contributed by atoms with van der Waals surface area (Å²) < 4.78 is 5.79. The van der Waals surface area contributed by atoms with E-state index in [4.69, 9.17) is 9.73 Å². The van der Waals surface area contributed by atoms with Crippen molar-refractivity contribution in [3.05, 3.63) is 102 Å². The first-order valence-electron chi connectivity index (χ1n) is 10.1. The zero-order valence-electron chi connectivity index (χ0n) is 17.2. The molecule has 0 radical (unpaired) electrons. The number of hydrogen-bond acceptors (Lipinski definition) is 3. The van der Waals surface area contributed by atoms with Gasteiger partial charge < -0.3 is 4.74 Å². The van der Waals surface area contributed by atoms with E-state index in [1.807, 2.05) is 91.0 Å². The molecule has 1 aliphatic heterocycles. The molecule has 3 aromatic rings. The quantitative estimate of drug-likeness (QED) is 0.512. The van der Waals surface area contributed by atoms with Crippen LogP contribution >= 0.6 is 0 Å². The molecular formula is C26H24N2O2. The van der Waals surface area contributed by atoms with Crippen molar-refractivity contribution in [3.63, 3.8) is 0 Å². The number of rotatable bonds is 6. The summed E-state index contributed by atoms with van der Waals surface area (Å²) in [6.45, 7) is 4.90. The van der Waals surface area contributed by atoms with Gasteiger partial charge in [-0.1, -0.05) is 62.4 Å². The van der Waals surface area contributed by atoms with Gasteiger partial charge in [-0.25, -0.2) is 4.99 Å². The van der Waals surface area contributed by atoms with Gasteiger partial charge in [0.15, 0.2) is 0 Å². The zero-order valence-corrected chi connectivity index (χ0v) is 17.2. The molecule has 0 fully saturated rings. The Morgan fingerprint density at radius 1 is 0.900 bits per heavy atom. The van der Waals surface area contributed by atoms with E-state index in [1.165, 1.54) is 0 Å². The fraction of sp³-hybridized carbons (Fsp3) is 0.154. The third-order valence-corrected chi connectivity index (χ3v) is 4.67. The highest BCUT2D eigenvalue weighted by Gasteiger charge is 2.32. The summed E-state index contributed by atoms with van der Waals surface area (Å²) in [6, 6.07) is 27.1. The highest BCUT2D eigenvalue weighted by atomic mass is 16.5. The average Bonchev–Trinajstić information content (AvgIpc) is 3.10. The molecule has 0 N–H and O–H groups in total. The molecule has 1 heterocycles. The van der Waals surface area contributed by atoms with E-state index < -0.39 is 0 Å². The number of anilines is 1. The van der Waals surface area contributed by atoms with Gasteiger partial charge in [0.25, 0.3) is 5.91 Å². The molecule has 0 unspecified atom stereocenters. The second-order valence-electron chi connectivity index (χ2n) is 7.58. The van der Waals surface area contributed by atoms with E-state index >= 15 is 0 Å². The van der Waals surface area contributed by atoms with Crippen LogP contribution in [0.4, 0.5) is 5.69 Å². The number of hydrogen-bond donors (Lipinski definition) is 0. The van der Waals surface area contributed by atoms with Gasteiger partial charge in [0.05, 0.1) is 12.3 Å². The Hall–Kier alpha value is -3.66. The number of amidine groups is 1. The monoisotopic (exact) mass is 396 g/mol. The molecule has 1 amide bonds. The van der Waals surface area contributed by atoms with Gasteiger partial charge in [-0.15, -0.1) is 0 Å². The van der Waals surface area contributed by atoms with Gasteiger partial charge in [-0.05, 0) is 54.0 Å². The molecule has 0 saturated carbocycles. The van der Waals surface area contributed by atoms with E-state index in [1.54, 1.807) is 4.90 Å². The molecule has 0 aromatic heterocycles. The van der Waals surface area contributed by atoms with Crippen molar-refractivity contribution >= 4 is 23.5 Å². The van der Waals surface area contributed by atoms with Crippen LogP contribution in [0.5, 0.6) is 5.75 Å². The average molecular weight is 396 g/mol. The van der Waals surface area contributed by atoms with Crippen molar-refractivity contribution in [3.8, 4) is 5.75 Å². The van der Waals surface area contributed by atoms with Crippen LogP contribution in [0.3, 0.4) is 0 Å². The largest absolute Gasteiger partial charge is 0.493 e. The molecule has 0 aliphatic carbocycles. The third-order valence-electron chi connectivity index (χ3n) is 4.67. The Bertz CT molecular complexity index is 1070. The predicted molar refractivity (Wildman–Crippen MR) is 122 cm³/mol. The lowest BCUT2D eigenvalue weighted by Crippen LogP contribution is -2.32. The summed E-state index contributed by atoms with van der Waals surface area (Å²) in [5.74, 6) is 1.74. The first kappa shape index (κ1) is 19.6. The number of benzene rings is 3. The van der Waals surface area contributed by atoms with Crippen molar-refractivity contribution in [2.75, 3.05) is 11.5 Å². The van der Waals surface area contributed by atoms with E-state index in [-0.39, 0.29) is 5.91 Å². The summed E-state index contributed by atoms with van der Waals surface area (Å²) in [4.78, 5) is 19.6. The summed E-state index contributed by atoms with van der Waals surface area (Å²) in [7, 11) is 0. The van der Waals surface area contributed by atoms with Crippen LogP contribution in [-0.2, 0) is 4.79 Å². The molecule has 3 aromatic carbocycles. The minimum atomic E-state index is -0.139. The molecule has 0 spiro atoms. The zero-order chi connectivity index (χ0) is 20.9. The van der Waals surface area contributed by atoms with Gasteiger partial charge in [0.1, 0.15) is 17.3 Å². The minimum Gasteiger partial charge on any atom is -0.493 e. The third kappa shape index (κ3) is 4.33. The van der Waals surface area contributed by atoms with Crippen molar-refractivity contribution in [2.24, 2.45) is 10.9 Å². The van der Waals surface area contributed by atoms with Crippen LogP contribution in [0.2, 0.25) is 0 Å². The van der Waals surface area contributed by atoms with Crippen LogP contribution in [0.25, 0.3) is 6.08 Å². The molecule has 4 heteroatoms. The molecule has 4 rings (SSSR count). The normalized spacial score (nSPS) is 15.0. The van der Waals surface area contributed by atoms with Crippen molar-refractivity contribution < 1.29 is 9.53 Å². The lowest BCUT2D eigenvalue weighted by atomic mass is 10.1. The number of aliphatic imine (C=N–C) groups is 1. The Morgan fingerprint density at radius 2 is 1.53 bits per heavy atom. The first-order chi connectivity index (χ1) is 14.6.